The first-order chi connectivity index (χ1) is 16.0. The summed E-state index contributed by atoms with van der Waals surface area (Å²) in [6.07, 6.45) is 1.88. The van der Waals surface area contributed by atoms with Crippen molar-refractivity contribution in [3.8, 4) is 0 Å². The Labute approximate surface area is 196 Å². The average Bonchev–Trinajstić information content (AvgIpc) is 2.83. The first kappa shape index (κ1) is 25.0. The zero-order valence-corrected chi connectivity index (χ0v) is 19.6. The van der Waals surface area contributed by atoms with Gasteiger partial charge in [0.15, 0.2) is 0 Å². The normalized spacial score (nSPS) is 11.6. The highest BCUT2D eigenvalue weighted by Gasteiger charge is 2.15. The molecule has 0 atom stereocenters. The highest BCUT2D eigenvalue weighted by Crippen LogP contribution is 2.26. The van der Waals surface area contributed by atoms with Crippen LogP contribution in [0, 0.1) is 11.6 Å². The molecule has 0 aliphatic rings. The molecule has 0 radical (unpaired) electrons. The summed E-state index contributed by atoms with van der Waals surface area (Å²) in [7, 11) is 4.25. The Morgan fingerprint density at radius 3 is 1.73 bits per heavy atom. The fourth-order valence-corrected chi connectivity index (χ4v) is 3.75. The number of aryl methyl sites for hydroxylation is 1. The Balaban J connectivity index is 1.42. The van der Waals surface area contributed by atoms with Gasteiger partial charge in [-0.2, -0.15) is 0 Å². The fraction of sp³-hybridized carbons (Fsp3) is 0.357. The van der Waals surface area contributed by atoms with Crippen molar-refractivity contribution in [1.82, 2.24) is 9.80 Å². The Morgan fingerprint density at radius 2 is 1.18 bits per heavy atom. The zero-order valence-electron chi connectivity index (χ0n) is 19.6. The summed E-state index contributed by atoms with van der Waals surface area (Å²) in [6, 6.07) is 23.2. The molecule has 3 nitrogen and oxygen atoms in total. The van der Waals surface area contributed by atoms with Crippen LogP contribution in [0.4, 0.5) is 8.78 Å². The van der Waals surface area contributed by atoms with Crippen molar-refractivity contribution in [1.29, 1.82) is 0 Å². The molecule has 3 aromatic rings. The minimum absolute atomic E-state index is 0.288. The number of likely N-dealkylation sites (N-methyl/N-ethyl adjacent to an activating group) is 2. The van der Waals surface area contributed by atoms with Gasteiger partial charge in [-0.3, -0.25) is 0 Å². The molecule has 0 saturated carbocycles. The third-order valence-corrected chi connectivity index (χ3v) is 5.81. The fourth-order valence-electron chi connectivity index (χ4n) is 3.75. The summed E-state index contributed by atoms with van der Waals surface area (Å²) in [4.78, 5) is 4.61. The number of rotatable bonds is 13. The van der Waals surface area contributed by atoms with E-state index in [-0.39, 0.29) is 17.7 Å². The van der Waals surface area contributed by atoms with Crippen molar-refractivity contribution >= 4 is 0 Å². The lowest BCUT2D eigenvalue weighted by Gasteiger charge is -2.24. The molecule has 3 aromatic carbocycles. The number of hydrogen-bond donors (Lipinski definition) is 0. The number of nitrogens with zero attached hydrogens (tertiary/aromatic N) is 2. The van der Waals surface area contributed by atoms with E-state index < -0.39 is 0 Å². The molecule has 0 heterocycles. The number of halogens is 2. The topological polar surface area (TPSA) is 15.7 Å². The van der Waals surface area contributed by atoms with Crippen LogP contribution in [0.1, 0.15) is 29.2 Å². The Kier molecular flexibility index (Phi) is 10.0. The molecule has 3 rings (SSSR count). The van der Waals surface area contributed by atoms with Gasteiger partial charge in [-0.1, -0.05) is 54.6 Å². The second-order valence-corrected chi connectivity index (χ2v) is 8.55. The largest absolute Gasteiger partial charge is 0.367 e. The lowest BCUT2D eigenvalue weighted by Crippen LogP contribution is -2.33. The van der Waals surface area contributed by atoms with Crippen LogP contribution < -0.4 is 0 Å². The van der Waals surface area contributed by atoms with E-state index >= 15 is 0 Å². The number of hydrogen-bond acceptors (Lipinski definition) is 3. The van der Waals surface area contributed by atoms with Crippen LogP contribution in [0.2, 0.25) is 0 Å². The molecule has 176 valence electrons. The Morgan fingerprint density at radius 1 is 0.667 bits per heavy atom. The van der Waals surface area contributed by atoms with E-state index in [2.05, 4.69) is 54.2 Å². The van der Waals surface area contributed by atoms with Crippen LogP contribution >= 0.6 is 0 Å². The average molecular weight is 453 g/mol. The molecular formula is C28H34F2N2O. The predicted octanol–water partition coefficient (Wildman–Crippen LogP) is 5.57. The molecule has 0 fully saturated rings. The molecule has 0 aromatic heterocycles. The highest BCUT2D eigenvalue weighted by atomic mass is 19.1. The van der Waals surface area contributed by atoms with Gasteiger partial charge in [0, 0.05) is 19.6 Å². The minimum Gasteiger partial charge on any atom is -0.367 e. The molecule has 0 N–H and O–H groups in total. The maximum atomic E-state index is 13.4. The third-order valence-electron chi connectivity index (χ3n) is 5.81. The van der Waals surface area contributed by atoms with Crippen LogP contribution in [-0.2, 0) is 11.2 Å². The lowest BCUT2D eigenvalue weighted by atomic mass is 10.0. The van der Waals surface area contributed by atoms with Gasteiger partial charge in [0.25, 0.3) is 0 Å². The van der Waals surface area contributed by atoms with Gasteiger partial charge in [0.2, 0.25) is 0 Å². The zero-order chi connectivity index (χ0) is 23.5. The summed E-state index contributed by atoms with van der Waals surface area (Å²) < 4.78 is 32.9. The monoisotopic (exact) mass is 452 g/mol. The SMILES string of the molecule is CN(CCCc1ccccc1)CCN(C)CCOC(c1ccc(F)cc1)c1ccc(F)cc1. The van der Waals surface area contributed by atoms with E-state index in [1.165, 1.54) is 29.8 Å². The van der Waals surface area contributed by atoms with E-state index in [4.69, 9.17) is 4.74 Å². The van der Waals surface area contributed by atoms with Crippen molar-refractivity contribution in [2.75, 3.05) is 46.9 Å². The standard InChI is InChI=1S/C28H34F2N2O/c1-31(18-6-9-23-7-4-3-5-8-23)19-20-32(2)21-22-33-28(24-10-14-26(29)15-11-24)25-12-16-27(30)17-13-25/h3-5,7-8,10-17,28H,6,9,18-22H2,1-2H3. The molecule has 0 aliphatic carbocycles. The summed E-state index contributed by atoms with van der Waals surface area (Å²) in [5, 5.41) is 0. The van der Waals surface area contributed by atoms with Gasteiger partial charge in [0.05, 0.1) is 6.61 Å². The van der Waals surface area contributed by atoms with Gasteiger partial charge >= 0.3 is 0 Å². The van der Waals surface area contributed by atoms with Gasteiger partial charge in [-0.15, -0.1) is 0 Å². The van der Waals surface area contributed by atoms with E-state index in [1.54, 1.807) is 24.3 Å². The first-order valence-corrected chi connectivity index (χ1v) is 11.5. The lowest BCUT2D eigenvalue weighted by molar-refractivity contribution is 0.0633. The Hall–Kier alpha value is -2.60. The summed E-state index contributed by atoms with van der Waals surface area (Å²) >= 11 is 0. The van der Waals surface area contributed by atoms with Crippen LogP contribution in [0.15, 0.2) is 78.9 Å². The summed E-state index contributed by atoms with van der Waals surface area (Å²) in [5.41, 5.74) is 3.09. The van der Waals surface area contributed by atoms with Gasteiger partial charge in [-0.05, 0) is 74.4 Å². The molecule has 0 spiro atoms. The van der Waals surface area contributed by atoms with E-state index in [1.807, 2.05) is 0 Å². The first-order valence-electron chi connectivity index (χ1n) is 11.5. The van der Waals surface area contributed by atoms with Crippen molar-refractivity contribution in [2.45, 2.75) is 18.9 Å². The van der Waals surface area contributed by atoms with E-state index in [0.717, 1.165) is 50.1 Å². The van der Waals surface area contributed by atoms with Crippen LogP contribution in [0.25, 0.3) is 0 Å². The van der Waals surface area contributed by atoms with Gasteiger partial charge in [0.1, 0.15) is 17.7 Å². The molecule has 33 heavy (non-hydrogen) atoms. The van der Waals surface area contributed by atoms with Crippen molar-refractivity contribution in [3.05, 3.63) is 107 Å². The number of ether oxygens (including phenoxy) is 1. The minimum atomic E-state index is -0.361. The number of benzene rings is 3. The van der Waals surface area contributed by atoms with E-state index in [9.17, 15) is 8.78 Å². The third kappa shape index (κ3) is 8.69. The second kappa shape index (κ2) is 13.2. The summed E-state index contributed by atoms with van der Waals surface area (Å²) in [5.74, 6) is -0.576. The molecule has 0 amide bonds. The maximum Gasteiger partial charge on any atom is 0.123 e. The van der Waals surface area contributed by atoms with Crippen LogP contribution in [0.5, 0.6) is 0 Å². The van der Waals surface area contributed by atoms with Crippen molar-refractivity contribution < 1.29 is 13.5 Å². The highest BCUT2D eigenvalue weighted by molar-refractivity contribution is 5.30. The molecule has 5 heteroatoms. The second-order valence-electron chi connectivity index (χ2n) is 8.55. The van der Waals surface area contributed by atoms with Gasteiger partial charge < -0.3 is 14.5 Å². The van der Waals surface area contributed by atoms with Crippen molar-refractivity contribution in [3.63, 3.8) is 0 Å². The molecule has 0 aliphatic heterocycles. The summed E-state index contributed by atoms with van der Waals surface area (Å²) in [6.45, 7) is 4.30. The Bertz CT molecular complexity index is 887. The van der Waals surface area contributed by atoms with Crippen molar-refractivity contribution in [2.24, 2.45) is 0 Å². The van der Waals surface area contributed by atoms with Crippen LogP contribution in [0.3, 0.4) is 0 Å². The predicted molar refractivity (Wildman–Crippen MR) is 130 cm³/mol. The molecular weight excluding hydrogens is 418 g/mol. The maximum absolute atomic E-state index is 13.4. The van der Waals surface area contributed by atoms with E-state index in [0.29, 0.717) is 6.61 Å². The van der Waals surface area contributed by atoms with Crippen LogP contribution in [-0.4, -0.2) is 56.7 Å². The quantitative estimate of drug-likeness (QED) is 0.337. The smallest absolute Gasteiger partial charge is 0.123 e. The molecule has 0 unspecified atom stereocenters. The van der Waals surface area contributed by atoms with Gasteiger partial charge in [-0.25, -0.2) is 8.78 Å². The molecule has 0 bridgehead atoms. The molecule has 0 saturated heterocycles.